The second-order valence-corrected chi connectivity index (χ2v) is 4.41. The van der Waals surface area contributed by atoms with Crippen LogP contribution in [0, 0.1) is 0 Å². The lowest BCUT2D eigenvalue weighted by atomic mass is 10.1. The number of amides is 1. The molecule has 1 N–H and O–H groups in total. The van der Waals surface area contributed by atoms with E-state index in [1.165, 1.54) is 11.1 Å². The fourth-order valence-electron chi connectivity index (χ4n) is 2.11. The first kappa shape index (κ1) is 12.1. The minimum atomic E-state index is 0.00908. The van der Waals surface area contributed by atoms with Crippen molar-refractivity contribution in [2.75, 3.05) is 26.1 Å². The fourth-order valence-corrected chi connectivity index (χ4v) is 2.11. The highest BCUT2D eigenvalue weighted by Crippen LogP contribution is 2.28. The molecule has 4 heteroatoms. The van der Waals surface area contributed by atoms with Crippen molar-refractivity contribution in [1.29, 1.82) is 0 Å². The Balaban J connectivity index is 2.07. The van der Waals surface area contributed by atoms with Crippen molar-refractivity contribution < 1.29 is 9.53 Å². The first-order valence-corrected chi connectivity index (χ1v) is 5.79. The molecule has 4 nitrogen and oxygen atoms in total. The van der Waals surface area contributed by atoms with Gasteiger partial charge in [-0.25, -0.2) is 0 Å². The molecular weight excluding hydrogens is 216 g/mol. The lowest BCUT2D eigenvalue weighted by Crippen LogP contribution is -2.15. The van der Waals surface area contributed by atoms with Crippen LogP contribution in [0.5, 0.6) is 0 Å². The van der Waals surface area contributed by atoms with Crippen LogP contribution in [0.1, 0.15) is 17.5 Å². The number of hydrogen-bond acceptors (Lipinski definition) is 3. The highest BCUT2D eigenvalue weighted by molar-refractivity contribution is 5.91. The van der Waals surface area contributed by atoms with Gasteiger partial charge in [-0.1, -0.05) is 12.1 Å². The summed E-state index contributed by atoms with van der Waals surface area (Å²) >= 11 is 0. The van der Waals surface area contributed by atoms with E-state index >= 15 is 0 Å². The second kappa shape index (κ2) is 5.29. The van der Waals surface area contributed by atoms with E-state index in [1.807, 2.05) is 12.1 Å². The van der Waals surface area contributed by atoms with E-state index in [9.17, 15) is 4.79 Å². The predicted octanol–water partition coefficient (Wildman–Crippen LogP) is 1.61. The zero-order valence-electron chi connectivity index (χ0n) is 10.3. The largest absolute Gasteiger partial charge is 0.384 e. The summed E-state index contributed by atoms with van der Waals surface area (Å²) in [6.07, 6.45) is 0.399. The summed E-state index contributed by atoms with van der Waals surface area (Å²) in [6.45, 7) is 2.31. The minimum absolute atomic E-state index is 0.00908. The third-order valence-corrected chi connectivity index (χ3v) is 2.95. The number of carbonyl (C=O) groups is 1. The first-order chi connectivity index (χ1) is 8.20. The number of carbonyl (C=O) groups excluding carboxylic acids is 1. The maximum Gasteiger partial charge on any atom is 0.226 e. The van der Waals surface area contributed by atoms with Crippen LogP contribution in [0.3, 0.4) is 0 Å². The molecule has 1 amide bonds. The van der Waals surface area contributed by atoms with E-state index in [1.54, 1.807) is 7.11 Å². The van der Waals surface area contributed by atoms with Gasteiger partial charge < -0.3 is 10.1 Å². The van der Waals surface area contributed by atoms with Gasteiger partial charge in [-0.05, 0) is 24.2 Å². The molecule has 1 heterocycles. The lowest BCUT2D eigenvalue weighted by Gasteiger charge is -2.10. The van der Waals surface area contributed by atoms with E-state index in [0.717, 1.165) is 18.8 Å². The molecule has 17 heavy (non-hydrogen) atoms. The molecule has 0 saturated heterocycles. The number of benzene rings is 1. The monoisotopic (exact) mass is 234 g/mol. The number of nitrogens with one attached hydrogen (secondary N) is 1. The summed E-state index contributed by atoms with van der Waals surface area (Å²) in [5, 5.41) is 2.95. The maximum absolute atomic E-state index is 11.6. The molecular formula is C13H18N2O2. The lowest BCUT2D eigenvalue weighted by molar-refractivity contribution is -0.117. The normalized spacial score (nSPS) is 14.7. The molecule has 1 aliphatic heterocycles. The molecule has 1 aromatic rings. The molecule has 0 atom stereocenters. The Morgan fingerprint density at radius 2 is 2.29 bits per heavy atom. The van der Waals surface area contributed by atoms with Crippen molar-refractivity contribution in [2.45, 2.75) is 19.5 Å². The van der Waals surface area contributed by atoms with Gasteiger partial charge in [0.1, 0.15) is 0 Å². The van der Waals surface area contributed by atoms with E-state index in [-0.39, 0.29) is 5.91 Å². The Labute approximate surface area is 102 Å². The molecule has 0 aromatic heterocycles. The van der Waals surface area contributed by atoms with Crippen molar-refractivity contribution >= 4 is 11.6 Å². The average Bonchev–Trinajstić information content (AvgIpc) is 2.68. The molecule has 0 spiro atoms. The van der Waals surface area contributed by atoms with Crippen molar-refractivity contribution in [3.05, 3.63) is 29.3 Å². The van der Waals surface area contributed by atoms with E-state index in [2.05, 4.69) is 23.3 Å². The molecule has 92 valence electrons. The Morgan fingerprint density at radius 3 is 3.06 bits per heavy atom. The number of ether oxygens (including phenoxy) is 1. The van der Waals surface area contributed by atoms with Crippen molar-refractivity contribution in [3.63, 3.8) is 0 Å². The summed E-state index contributed by atoms with van der Waals surface area (Å²) in [4.78, 5) is 13.9. The van der Waals surface area contributed by atoms with E-state index in [4.69, 9.17) is 4.74 Å². The summed E-state index contributed by atoms with van der Waals surface area (Å²) in [7, 11) is 3.68. The molecule has 0 bridgehead atoms. The molecule has 2 rings (SSSR count). The molecule has 1 aromatic carbocycles. The Bertz CT molecular complexity index is 418. The topological polar surface area (TPSA) is 41.6 Å². The molecule has 0 saturated carbocycles. The Kier molecular flexibility index (Phi) is 3.76. The van der Waals surface area contributed by atoms with Crippen LogP contribution in [-0.4, -0.2) is 31.6 Å². The van der Waals surface area contributed by atoms with Crippen LogP contribution in [0.15, 0.2) is 18.2 Å². The minimum Gasteiger partial charge on any atom is -0.384 e. The van der Waals surface area contributed by atoms with Gasteiger partial charge >= 0.3 is 0 Å². The number of fused-ring (bicyclic) bond motifs is 1. The number of anilines is 1. The zero-order valence-corrected chi connectivity index (χ0v) is 10.3. The SMILES string of the molecule is COCCC(=O)Nc1cccc2c1CN(C)C2. The van der Waals surface area contributed by atoms with Crippen LogP contribution in [0.25, 0.3) is 0 Å². The smallest absolute Gasteiger partial charge is 0.226 e. The maximum atomic E-state index is 11.6. The van der Waals surface area contributed by atoms with Gasteiger partial charge in [0.15, 0.2) is 0 Å². The first-order valence-electron chi connectivity index (χ1n) is 5.79. The van der Waals surface area contributed by atoms with Gasteiger partial charge in [0, 0.05) is 25.9 Å². The van der Waals surface area contributed by atoms with Gasteiger partial charge in [0.25, 0.3) is 0 Å². The zero-order chi connectivity index (χ0) is 12.3. The van der Waals surface area contributed by atoms with Crippen LogP contribution in [-0.2, 0) is 22.6 Å². The van der Waals surface area contributed by atoms with E-state index < -0.39 is 0 Å². The van der Waals surface area contributed by atoms with Crippen LogP contribution in [0.4, 0.5) is 5.69 Å². The van der Waals surface area contributed by atoms with Gasteiger partial charge in [0.2, 0.25) is 5.91 Å². The highest BCUT2D eigenvalue weighted by atomic mass is 16.5. The Hall–Kier alpha value is -1.39. The number of nitrogens with zero attached hydrogens (tertiary/aromatic N) is 1. The number of methoxy groups -OCH3 is 1. The molecule has 0 fully saturated rings. The van der Waals surface area contributed by atoms with Crippen molar-refractivity contribution in [2.24, 2.45) is 0 Å². The third-order valence-electron chi connectivity index (χ3n) is 2.95. The van der Waals surface area contributed by atoms with Crippen LogP contribution < -0.4 is 5.32 Å². The van der Waals surface area contributed by atoms with Gasteiger partial charge in [-0.3, -0.25) is 9.69 Å². The third kappa shape index (κ3) is 2.84. The Morgan fingerprint density at radius 1 is 1.47 bits per heavy atom. The number of hydrogen-bond donors (Lipinski definition) is 1. The molecule has 0 unspecified atom stereocenters. The summed E-state index contributed by atoms with van der Waals surface area (Å²) < 4.78 is 4.89. The molecule has 0 aliphatic carbocycles. The predicted molar refractivity (Wildman–Crippen MR) is 66.7 cm³/mol. The quantitative estimate of drug-likeness (QED) is 0.860. The number of rotatable bonds is 4. The van der Waals surface area contributed by atoms with Crippen LogP contribution >= 0.6 is 0 Å². The average molecular weight is 234 g/mol. The van der Waals surface area contributed by atoms with E-state index in [0.29, 0.717) is 13.0 Å². The standard InChI is InChI=1S/C13H18N2O2/c1-15-8-10-4-3-5-12(11(10)9-15)14-13(16)6-7-17-2/h3-5H,6-9H2,1-2H3,(H,14,16). The van der Waals surface area contributed by atoms with Crippen LogP contribution in [0.2, 0.25) is 0 Å². The van der Waals surface area contributed by atoms with Gasteiger partial charge in [-0.2, -0.15) is 0 Å². The van der Waals surface area contributed by atoms with Gasteiger partial charge in [0.05, 0.1) is 13.0 Å². The van der Waals surface area contributed by atoms with Crippen molar-refractivity contribution in [3.8, 4) is 0 Å². The highest BCUT2D eigenvalue weighted by Gasteiger charge is 2.19. The summed E-state index contributed by atoms with van der Waals surface area (Å²) in [6, 6.07) is 6.07. The fraction of sp³-hybridized carbons (Fsp3) is 0.462. The summed E-state index contributed by atoms with van der Waals surface area (Å²) in [5.74, 6) is 0.00908. The van der Waals surface area contributed by atoms with Crippen molar-refractivity contribution in [1.82, 2.24) is 4.90 Å². The molecule has 1 aliphatic rings. The van der Waals surface area contributed by atoms with Gasteiger partial charge in [-0.15, -0.1) is 0 Å². The second-order valence-electron chi connectivity index (χ2n) is 4.41. The molecule has 0 radical (unpaired) electrons. The summed E-state index contributed by atoms with van der Waals surface area (Å²) in [5.41, 5.74) is 3.48.